The Kier molecular flexibility index (Phi) is 5.16. The number of nitrogens with zero attached hydrogens (tertiary/aromatic N) is 1. The summed E-state index contributed by atoms with van der Waals surface area (Å²) in [6.45, 7) is 3.29. The molecule has 0 aromatic heterocycles. The Morgan fingerprint density at radius 2 is 1.74 bits per heavy atom. The molecule has 1 saturated heterocycles. The topological polar surface area (TPSA) is 49.8 Å². The Balaban J connectivity index is 1.20. The van der Waals surface area contributed by atoms with Gasteiger partial charge in [-0.2, -0.15) is 0 Å². The molecule has 0 atom stereocenters. The maximum atomic E-state index is 13.3. The molecule has 2 bridgehead atoms. The van der Waals surface area contributed by atoms with Crippen molar-refractivity contribution >= 4 is 5.91 Å². The average molecular weight is 428 g/mol. The lowest BCUT2D eigenvalue weighted by Gasteiger charge is -2.57. The minimum Gasteiger partial charge on any atom is -0.489 e. The van der Waals surface area contributed by atoms with Crippen LogP contribution in [0.3, 0.4) is 0 Å². The number of β-amino-alcohol motifs (C(OH)–C–C–N with tert-alkyl or cyclic N) is 1. The second-order valence-electron chi connectivity index (χ2n) is 10.5. The van der Waals surface area contributed by atoms with Crippen molar-refractivity contribution in [3.63, 3.8) is 0 Å². The minimum atomic E-state index is -0.596. The largest absolute Gasteiger partial charge is 0.489 e. The van der Waals surface area contributed by atoms with E-state index in [1.165, 1.54) is 5.56 Å². The molecule has 0 spiro atoms. The van der Waals surface area contributed by atoms with Gasteiger partial charge in [0.05, 0.1) is 19.4 Å². The Morgan fingerprint density at radius 1 is 1.13 bits per heavy atom. The van der Waals surface area contributed by atoms with E-state index in [2.05, 4.69) is 12.1 Å². The number of halogens is 1. The standard InChI is InChI=1S/C26H34FNO3/c1-2-19(15-27)16-31-22-7-5-20(6-8-22)24-9-12-25(13-10-24,14-11-24)23(29)28-17-26(30,18-28)21-3-4-21/h5-8,15,21,30H,2-4,9-14,16-18H2,1H3/b19-15+. The zero-order valence-electron chi connectivity index (χ0n) is 18.5. The summed E-state index contributed by atoms with van der Waals surface area (Å²) >= 11 is 0. The quantitative estimate of drug-likeness (QED) is 0.673. The van der Waals surface area contributed by atoms with Gasteiger partial charge in [-0.1, -0.05) is 19.1 Å². The summed E-state index contributed by atoms with van der Waals surface area (Å²) in [5, 5.41) is 10.6. The van der Waals surface area contributed by atoms with Crippen molar-refractivity contribution in [2.75, 3.05) is 19.7 Å². The van der Waals surface area contributed by atoms with E-state index >= 15 is 0 Å². The van der Waals surface area contributed by atoms with E-state index in [1.54, 1.807) is 0 Å². The average Bonchev–Trinajstić information content (AvgIpc) is 3.65. The molecule has 1 heterocycles. The first-order valence-corrected chi connectivity index (χ1v) is 12.0. The molecule has 1 N–H and O–H groups in total. The number of likely N-dealkylation sites (tertiary alicyclic amines) is 1. The molecule has 5 heteroatoms. The molecule has 4 saturated carbocycles. The fourth-order valence-electron chi connectivity index (χ4n) is 6.20. The monoisotopic (exact) mass is 427 g/mol. The highest BCUT2D eigenvalue weighted by Gasteiger charge is 2.59. The van der Waals surface area contributed by atoms with Crippen LogP contribution in [-0.2, 0) is 10.2 Å². The van der Waals surface area contributed by atoms with Crippen molar-refractivity contribution in [2.45, 2.75) is 75.7 Å². The van der Waals surface area contributed by atoms with Crippen LogP contribution in [0.1, 0.15) is 70.3 Å². The van der Waals surface area contributed by atoms with Crippen molar-refractivity contribution in [1.82, 2.24) is 4.90 Å². The number of hydrogen-bond acceptors (Lipinski definition) is 3. The van der Waals surface area contributed by atoms with Gasteiger partial charge in [0.2, 0.25) is 5.91 Å². The number of benzene rings is 1. The minimum absolute atomic E-state index is 0.164. The van der Waals surface area contributed by atoms with Crippen LogP contribution < -0.4 is 4.74 Å². The normalized spacial score (nSPS) is 32.0. The highest BCUT2D eigenvalue weighted by atomic mass is 19.1. The number of fused-ring (bicyclic) bond motifs is 3. The smallest absolute Gasteiger partial charge is 0.228 e. The van der Waals surface area contributed by atoms with E-state index < -0.39 is 5.60 Å². The summed E-state index contributed by atoms with van der Waals surface area (Å²) in [4.78, 5) is 15.2. The van der Waals surface area contributed by atoms with E-state index in [-0.39, 0.29) is 17.4 Å². The molecule has 0 unspecified atom stereocenters. The zero-order valence-corrected chi connectivity index (χ0v) is 18.5. The van der Waals surface area contributed by atoms with Gasteiger partial charge in [0.15, 0.2) is 0 Å². The summed E-state index contributed by atoms with van der Waals surface area (Å²) in [7, 11) is 0. The molecular formula is C26H34FNO3. The first-order chi connectivity index (χ1) is 14.9. The van der Waals surface area contributed by atoms with Gasteiger partial charge in [-0.3, -0.25) is 4.79 Å². The molecule has 0 radical (unpaired) electrons. The van der Waals surface area contributed by atoms with Gasteiger partial charge in [0.1, 0.15) is 18.0 Å². The molecule has 31 heavy (non-hydrogen) atoms. The number of ether oxygens (including phenoxy) is 1. The van der Waals surface area contributed by atoms with E-state index in [1.807, 2.05) is 24.0 Å². The Morgan fingerprint density at radius 3 is 2.26 bits per heavy atom. The van der Waals surface area contributed by atoms with Crippen molar-refractivity contribution < 1.29 is 19.0 Å². The Bertz CT molecular complexity index is 843. The van der Waals surface area contributed by atoms with Gasteiger partial charge in [-0.05, 0) is 92.4 Å². The molecule has 5 fully saturated rings. The van der Waals surface area contributed by atoms with Gasteiger partial charge >= 0.3 is 0 Å². The van der Waals surface area contributed by atoms with Crippen molar-refractivity contribution in [3.8, 4) is 5.75 Å². The Labute approximate surface area is 184 Å². The summed E-state index contributed by atoms with van der Waals surface area (Å²) in [5.41, 5.74) is 1.36. The first kappa shape index (κ1) is 21.0. The van der Waals surface area contributed by atoms with Crippen LogP contribution in [0.4, 0.5) is 4.39 Å². The molecule has 1 aliphatic heterocycles. The van der Waals surface area contributed by atoms with E-state index in [4.69, 9.17) is 4.74 Å². The fourth-order valence-corrected chi connectivity index (χ4v) is 6.20. The molecule has 6 rings (SSSR count). The first-order valence-electron chi connectivity index (χ1n) is 12.0. The highest BCUT2D eigenvalue weighted by Crippen LogP contribution is 2.59. The lowest BCUT2D eigenvalue weighted by molar-refractivity contribution is -0.175. The van der Waals surface area contributed by atoms with Crippen LogP contribution in [0.25, 0.3) is 0 Å². The predicted octanol–water partition coefficient (Wildman–Crippen LogP) is 4.90. The van der Waals surface area contributed by atoms with Crippen LogP contribution >= 0.6 is 0 Å². The van der Waals surface area contributed by atoms with Crippen LogP contribution in [0.2, 0.25) is 0 Å². The van der Waals surface area contributed by atoms with Crippen LogP contribution in [-0.4, -0.2) is 41.2 Å². The third-order valence-corrected chi connectivity index (χ3v) is 8.75. The summed E-state index contributed by atoms with van der Waals surface area (Å²) in [6, 6.07) is 8.31. The van der Waals surface area contributed by atoms with Gasteiger partial charge in [0.25, 0.3) is 0 Å². The van der Waals surface area contributed by atoms with E-state index in [9.17, 15) is 14.3 Å². The van der Waals surface area contributed by atoms with Gasteiger partial charge < -0.3 is 14.7 Å². The number of aliphatic hydroxyl groups is 1. The van der Waals surface area contributed by atoms with Crippen molar-refractivity contribution in [2.24, 2.45) is 11.3 Å². The van der Waals surface area contributed by atoms with Crippen LogP contribution in [0.15, 0.2) is 36.2 Å². The number of hydrogen-bond donors (Lipinski definition) is 1. The second kappa shape index (κ2) is 7.61. The van der Waals surface area contributed by atoms with Crippen molar-refractivity contribution in [1.29, 1.82) is 0 Å². The van der Waals surface area contributed by atoms with Gasteiger partial charge in [-0.15, -0.1) is 0 Å². The van der Waals surface area contributed by atoms with E-state index in [0.717, 1.165) is 57.1 Å². The third-order valence-electron chi connectivity index (χ3n) is 8.75. The molecule has 1 amide bonds. The number of amides is 1. The van der Waals surface area contributed by atoms with E-state index in [0.29, 0.717) is 43.2 Å². The second-order valence-corrected chi connectivity index (χ2v) is 10.5. The molecule has 4 aliphatic carbocycles. The van der Waals surface area contributed by atoms with Gasteiger partial charge in [-0.25, -0.2) is 4.39 Å². The maximum Gasteiger partial charge on any atom is 0.228 e. The number of rotatable bonds is 7. The fraction of sp³-hybridized carbons (Fsp3) is 0.654. The maximum absolute atomic E-state index is 13.3. The molecular weight excluding hydrogens is 393 g/mol. The predicted molar refractivity (Wildman–Crippen MR) is 117 cm³/mol. The number of carbonyl (C=O) groups excluding carboxylic acids is 1. The summed E-state index contributed by atoms with van der Waals surface area (Å²) in [6.07, 6.45) is 9.49. The van der Waals surface area contributed by atoms with Gasteiger partial charge in [0, 0.05) is 5.41 Å². The molecule has 1 aromatic rings. The lowest BCUT2D eigenvalue weighted by atomic mass is 9.51. The molecule has 4 nitrogen and oxygen atoms in total. The summed E-state index contributed by atoms with van der Waals surface area (Å²) < 4.78 is 18.4. The molecule has 1 aromatic carbocycles. The molecule has 168 valence electrons. The SMILES string of the molecule is CC/C(=C\F)COc1ccc(C23CCC(C(=O)N4CC(O)(C5CC5)C4)(CC2)CC3)cc1. The molecule has 5 aliphatic rings. The van der Waals surface area contributed by atoms with Crippen LogP contribution in [0, 0.1) is 11.3 Å². The Hall–Kier alpha value is -1.88. The van der Waals surface area contributed by atoms with Crippen LogP contribution in [0.5, 0.6) is 5.75 Å². The lowest BCUT2D eigenvalue weighted by Crippen LogP contribution is -2.68. The third kappa shape index (κ3) is 3.59. The van der Waals surface area contributed by atoms with Crippen molar-refractivity contribution in [3.05, 3.63) is 41.7 Å². The summed E-state index contributed by atoms with van der Waals surface area (Å²) in [5.74, 6) is 1.49. The zero-order chi connectivity index (χ0) is 21.7. The number of carbonyl (C=O) groups is 1. The highest BCUT2D eigenvalue weighted by molar-refractivity contribution is 5.84.